The summed E-state index contributed by atoms with van der Waals surface area (Å²) in [6.45, 7) is 2.73. The van der Waals surface area contributed by atoms with Crippen molar-refractivity contribution in [3.8, 4) is 23.3 Å². The van der Waals surface area contributed by atoms with Crippen LogP contribution in [0.3, 0.4) is 0 Å². The molecular weight excluding hydrogens is 410 g/mol. The molecule has 4 rings (SSSR count). The number of amides is 2. The lowest BCUT2D eigenvalue weighted by molar-refractivity contribution is -0.117. The molecule has 9 heteroatoms. The van der Waals surface area contributed by atoms with Crippen molar-refractivity contribution in [2.45, 2.75) is 25.7 Å². The highest BCUT2D eigenvalue weighted by Gasteiger charge is 2.23. The summed E-state index contributed by atoms with van der Waals surface area (Å²) < 4.78 is 10.4. The molecule has 2 aromatic rings. The van der Waals surface area contributed by atoms with Crippen LogP contribution in [-0.2, 0) is 4.79 Å². The molecule has 1 aromatic heterocycles. The number of primary amides is 1. The summed E-state index contributed by atoms with van der Waals surface area (Å²) in [5.41, 5.74) is 6.85. The number of hydrogen-bond donors (Lipinski definition) is 3. The number of hydrogen-bond acceptors (Lipinski definition) is 6. The fourth-order valence-corrected chi connectivity index (χ4v) is 3.22. The largest absolute Gasteiger partial charge is 0.497 e. The van der Waals surface area contributed by atoms with Crippen LogP contribution in [0, 0.1) is 17.8 Å². The molecule has 2 amide bonds. The van der Waals surface area contributed by atoms with Crippen LogP contribution < -0.4 is 20.5 Å². The maximum Gasteiger partial charge on any atom is 0.255 e. The predicted octanol–water partition coefficient (Wildman–Crippen LogP) is 1.99. The van der Waals surface area contributed by atoms with Crippen molar-refractivity contribution < 1.29 is 19.1 Å². The Bertz CT molecular complexity index is 975. The van der Waals surface area contributed by atoms with Crippen LogP contribution in [-0.4, -0.2) is 61.3 Å². The van der Waals surface area contributed by atoms with E-state index in [0.717, 1.165) is 26.0 Å². The first kappa shape index (κ1) is 23.0. The summed E-state index contributed by atoms with van der Waals surface area (Å²) in [5, 5.41) is 10.1. The van der Waals surface area contributed by atoms with Crippen molar-refractivity contribution in [1.29, 1.82) is 0 Å². The Kier molecular flexibility index (Phi) is 7.97. The second kappa shape index (κ2) is 11.1. The minimum Gasteiger partial charge on any atom is -0.497 e. The highest BCUT2D eigenvalue weighted by molar-refractivity contribution is 5.99. The summed E-state index contributed by atoms with van der Waals surface area (Å²) in [7, 11) is 3.15. The summed E-state index contributed by atoms with van der Waals surface area (Å²) >= 11 is 0. The van der Waals surface area contributed by atoms with Crippen molar-refractivity contribution in [1.82, 2.24) is 15.1 Å². The molecule has 1 saturated heterocycles. The molecule has 0 radical (unpaired) electrons. The van der Waals surface area contributed by atoms with Gasteiger partial charge in [-0.15, -0.1) is 0 Å². The number of anilines is 1. The van der Waals surface area contributed by atoms with Crippen LogP contribution in [0.2, 0.25) is 0 Å². The highest BCUT2D eigenvalue weighted by Crippen LogP contribution is 2.29. The zero-order valence-electron chi connectivity index (χ0n) is 18.4. The van der Waals surface area contributed by atoms with Crippen LogP contribution in [0.4, 0.5) is 5.82 Å². The minimum absolute atomic E-state index is 0.281. The molecule has 0 unspecified atom stereocenters. The fourth-order valence-electron chi connectivity index (χ4n) is 3.22. The second-order valence-electron chi connectivity index (χ2n) is 7.71. The Morgan fingerprint density at radius 2 is 1.88 bits per heavy atom. The molecule has 0 atom stereocenters. The van der Waals surface area contributed by atoms with Gasteiger partial charge in [0.2, 0.25) is 6.41 Å². The van der Waals surface area contributed by atoms with E-state index in [4.69, 9.17) is 15.2 Å². The number of methoxy groups -OCH3 is 2. The molecule has 2 fully saturated rings. The minimum atomic E-state index is -0.570. The molecule has 1 aliphatic heterocycles. The lowest BCUT2D eigenvalue weighted by Gasteiger charge is -2.04. The molecule has 32 heavy (non-hydrogen) atoms. The van der Waals surface area contributed by atoms with Crippen molar-refractivity contribution in [3.63, 3.8) is 0 Å². The lowest BCUT2D eigenvalue weighted by Crippen LogP contribution is -2.15. The molecule has 4 N–H and O–H groups in total. The number of aromatic nitrogens is 2. The summed E-state index contributed by atoms with van der Waals surface area (Å²) in [6, 6.07) is 5.32. The van der Waals surface area contributed by atoms with Gasteiger partial charge < -0.3 is 25.4 Å². The first-order chi connectivity index (χ1) is 15.5. The molecule has 1 saturated carbocycles. The average Bonchev–Trinajstić information content (AvgIpc) is 3.31. The van der Waals surface area contributed by atoms with Gasteiger partial charge in [-0.25, -0.2) is 0 Å². The predicted molar refractivity (Wildman–Crippen MR) is 121 cm³/mol. The van der Waals surface area contributed by atoms with E-state index >= 15 is 0 Å². The number of nitrogens with one attached hydrogen (secondary N) is 2. The van der Waals surface area contributed by atoms with Crippen LogP contribution in [0.1, 0.15) is 47.3 Å². The van der Waals surface area contributed by atoms with Gasteiger partial charge in [-0.2, -0.15) is 5.10 Å². The Balaban J connectivity index is 0.000000352. The number of ether oxygens (including phenoxy) is 2. The zero-order chi connectivity index (χ0) is 22.9. The number of H-pyrrole nitrogens is 1. The Morgan fingerprint density at radius 3 is 2.38 bits per heavy atom. The van der Waals surface area contributed by atoms with Crippen LogP contribution in [0.25, 0.3) is 0 Å². The van der Waals surface area contributed by atoms with E-state index < -0.39 is 5.91 Å². The maximum atomic E-state index is 11.8. The standard InChI is InChI=1S/C18H20N4O3.C5H9NO/c1-24-13-7-12(8-14(9-13)25-2)5-6-15-16(17(19)23)18(22-21-15)20-10-11-3-4-11;7-5-6-3-1-2-4-6/h7-9,11H,3-4,10H2,1-2H3,(H2,19,23)(H2,20,21,22);5H,1-4H2. The van der Waals surface area contributed by atoms with E-state index in [1.807, 2.05) is 0 Å². The quantitative estimate of drug-likeness (QED) is 0.448. The van der Waals surface area contributed by atoms with Crippen LogP contribution in [0.15, 0.2) is 18.2 Å². The Labute approximate surface area is 187 Å². The molecule has 1 aliphatic carbocycles. The number of carbonyl (C=O) groups excluding carboxylic acids is 2. The molecule has 0 bridgehead atoms. The van der Waals surface area contributed by atoms with Gasteiger partial charge in [-0.05, 0) is 49.7 Å². The number of nitrogens with two attached hydrogens (primary N) is 1. The topological polar surface area (TPSA) is 123 Å². The van der Waals surface area contributed by atoms with Gasteiger partial charge in [-0.3, -0.25) is 14.7 Å². The SMILES string of the molecule is COc1cc(C#Cc2[nH]nc(NCC3CC3)c2C(N)=O)cc(OC)c1.O=CN1CCCC1. The van der Waals surface area contributed by atoms with E-state index in [2.05, 4.69) is 27.4 Å². The molecular formula is C23H29N5O4. The molecule has 2 heterocycles. The van der Waals surface area contributed by atoms with Gasteiger partial charge in [0.15, 0.2) is 5.82 Å². The first-order valence-corrected chi connectivity index (χ1v) is 10.6. The van der Waals surface area contributed by atoms with E-state index in [-0.39, 0.29) is 5.56 Å². The number of rotatable bonds is 7. The molecule has 1 aromatic carbocycles. The number of benzene rings is 1. The third kappa shape index (κ3) is 6.41. The van der Waals surface area contributed by atoms with E-state index in [9.17, 15) is 9.59 Å². The van der Waals surface area contributed by atoms with E-state index in [1.54, 1.807) is 37.3 Å². The Hall–Kier alpha value is -3.67. The van der Waals surface area contributed by atoms with E-state index in [0.29, 0.717) is 34.5 Å². The molecule has 170 valence electrons. The summed E-state index contributed by atoms with van der Waals surface area (Å²) in [6.07, 6.45) is 5.71. The van der Waals surface area contributed by atoms with Gasteiger partial charge in [0.1, 0.15) is 22.8 Å². The average molecular weight is 440 g/mol. The maximum absolute atomic E-state index is 11.8. The van der Waals surface area contributed by atoms with Crippen LogP contribution >= 0.6 is 0 Å². The highest BCUT2D eigenvalue weighted by atomic mass is 16.5. The molecule has 9 nitrogen and oxygen atoms in total. The van der Waals surface area contributed by atoms with Crippen molar-refractivity contribution in [2.24, 2.45) is 11.7 Å². The third-order valence-electron chi connectivity index (χ3n) is 5.24. The van der Waals surface area contributed by atoms with Crippen molar-refractivity contribution in [2.75, 3.05) is 39.2 Å². The monoisotopic (exact) mass is 439 g/mol. The summed E-state index contributed by atoms with van der Waals surface area (Å²) in [5.74, 6) is 7.70. The third-order valence-corrected chi connectivity index (χ3v) is 5.24. The first-order valence-electron chi connectivity index (χ1n) is 10.6. The van der Waals surface area contributed by atoms with E-state index in [1.165, 1.54) is 25.7 Å². The van der Waals surface area contributed by atoms with Gasteiger partial charge in [0.05, 0.1) is 14.2 Å². The van der Waals surface area contributed by atoms with Gasteiger partial charge in [0, 0.05) is 31.3 Å². The van der Waals surface area contributed by atoms with Crippen LogP contribution in [0.5, 0.6) is 11.5 Å². The number of aromatic amines is 1. The number of nitrogens with zero attached hydrogens (tertiary/aromatic N) is 2. The van der Waals surface area contributed by atoms with Crippen molar-refractivity contribution >= 4 is 18.1 Å². The number of likely N-dealkylation sites (tertiary alicyclic amines) is 1. The van der Waals surface area contributed by atoms with Crippen molar-refractivity contribution in [3.05, 3.63) is 35.0 Å². The second-order valence-corrected chi connectivity index (χ2v) is 7.71. The Morgan fingerprint density at radius 1 is 1.22 bits per heavy atom. The van der Waals surface area contributed by atoms with Gasteiger partial charge >= 0.3 is 0 Å². The van der Waals surface area contributed by atoms with Gasteiger partial charge in [0.25, 0.3) is 5.91 Å². The summed E-state index contributed by atoms with van der Waals surface area (Å²) in [4.78, 5) is 23.5. The molecule has 0 spiro atoms. The normalized spacial score (nSPS) is 14.5. The smallest absolute Gasteiger partial charge is 0.255 e. The van der Waals surface area contributed by atoms with Gasteiger partial charge in [-0.1, -0.05) is 5.92 Å². The fraction of sp³-hybridized carbons (Fsp3) is 0.435. The number of carbonyl (C=O) groups is 2. The molecule has 2 aliphatic rings. The zero-order valence-corrected chi connectivity index (χ0v) is 18.4. The lowest BCUT2D eigenvalue weighted by atomic mass is 10.1.